The van der Waals surface area contributed by atoms with E-state index in [0.29, 0.717) is 6.54 Å². The Hall–Kier alpha value is -1.75. The van der Waals surface area contributed by atoms with Gasteiger partial charge in [0.25, 0.3) is 0 Å². The van der Waals surface area contributed by atoms with E-state index in [1.54, 1.807) is 0 Å². The third kappa shape index (κ3) is 6.20. The van der Waals surface area contributed by atoms with Gasteiger partial charge < -0.3 is 19.9 Å². The second kappa shape index (κ2) is 10.4. The van der Waals surface area contributed by atoms with Crippen LogP contribution in [0.1, 0.15) is 37.3 Å². The Morgan fingerprint density at radius 3 is 2.58 bits per heavy atom. The van der Waals surface area contributed by atoms with Crippen molar-refractivity contribution in [2.45, 2.75) is 39.7 Å². The predicted molar refractivity (Wildman–Crippen MR) is 111 cm³/mol. The maximum atomic E-state index is 5.46. The number of ether oxygens (including phenoxy) is 1. The van der Waals surface area contributed by atoms with Crippen molar-refractivity contribution in [2.24, 2.45) is 10.9 Å². The fourth-order valence-corrected chi connectivity index (χ4v) is 3.28. The molecule has 0 atom stereocenters. The first-order valence-corrected chi connectivity index (χ1v) is 9.85. The van der Waals surface area contributed by atoms with Crippen molar-refractivity contribution in [3.63, 3.8) is 0 Å². The highest BCUT2D eigenvalue weighted by molar-refractivity contribution is 5.79. The van der Waals surface area contributed by atoms with Gasteiger partial charge in [0.15, 0.2) is 5.96 Å². The summed E-state index contributed by atoms with van der Waals surface area (Å²) in [6, 6.07) is 6.59. The highest BCUT2D eigenvalue weighted by Gasteiger charge is 2.15. The van der Waals surface area contributed by atoms with E-state index < -0.39 is 0 Å². The molecule has 2 rings (SSSR count). The molecule has 1 saturated heterocycles. The fourth-order valence-electron chi connectivity index (χ4n) is 3.28. The van der Waals surface area contributed by atoms with E-state index in [9.17, 15) is 0 Å². The van der Waals surface area contributed by atoms with Gasteiger partial charge in [0.05, 0.1) is 6.54 Å². The minimum Gasteiger partial charge on any atom is -0.381 e. The number of nitrogens with one attached hydrogen (secondary N) is 1. The van der Waals surface area contributed by atoms with Crippen LogP contribution in [0.3, 0.4) is 0 Å². The smallest absolute Gasteiger partial charge is 0.193 e. The number of nitrogens with zero attached hydrogens (tertiary/aromatic N) is 3. The Balaban J connectivity index is 1.96. The summed E-state index contributed by atoms with van der Waals surface area (Å²) >= 11 is 0. The van der Waals surface area contributed by atoms with Crippen LogP contribution < -0.4 is 10.2 Å². The lowest BCUT2D eigenvalue weighted by Crippen LogP contribution is -2.40. The molecule has 0 bridgehead atoms. The van der Waals surface area contributed by atoms with Crippen molar-refractivity contribution in [2.75, 3.05) is 52.3 Å². The molecule has 0 radical (unpaired) electrons. The number of aliphatic imine (C=N–C) groups is 1. The number of hydrogen-bond donors (Lipinski definition) is 1. The molecule has 1 aliphatic rings. The molecule has 26 heavy (non-hydrogen) atoms. The molecule has 5 heteroatoms. The van der Waals surface area contributed by atoms with Gasteiger partial charge in [-0.15, -0.1) is 0 Å². The van der Waals surface area contributed by atoms with Crippen molar-refractivity contribution in [1.29, 1.82) is 0 Å². The van der Waals surface area contributed by atoms with Gasteiger partial charge in [0, 0.05) is 53.1 Å². The quantitative estimate of drug-likeness (QED) is 0.598. The van der Waals surface area contributed by atoms with Crippen molar-refractivity contribution in [3.05, 3.63) is 29.3 Å². The van der Waals surface area contributed by atoms with Gasteiger partial charge in [0.1, 0.15) is 0 Å². The summed E-state index contributed by atoms with van der Waals surface area (Å²) in [5.41, 5.74) is 3.81. The first-order valence-electron chi connectivity index (χ1n) is 9.85. The normalized spacial score (nSPS) is 15.8. The third-order valence-corrected chi connectivity index (χ3v) is 5.15. The summed E-state index contributed by atoms with van der Waals surface area (Å²) < 4.78 is 5.46. The zero-order valence-corrected chi connectivity index (χ0v) is 17.2. The molecule has 0 aromatic heterocycles. The van der Waals surface area contributed by atoms with Crippen LogP contribution in [0.5, 0.6) is 0 Å². The van der Waals surface area contributed by atoms with E-state index in [-0.39, 0.29) is 0 Å². The minimum absolute atomic E-state index is 0.712. The van der Waals surface area contributed by atoms with Crippen LogP contribution >= 0.6 is 0 Å². The third-order valence-electron chi connectivity index (χ3n) is 5.15. The van der Waals surface area contributed by atoms with Crippen LogP contribution in [0.4, 0.5) is 5.69 Å². The molecule has 146 valence electrons. The maximum Gasteiger partial charge on any atom is 0.193 e. The number of guanidine groups is 1. The highest BCUT2D eigenvalue weighted by Crippen LogP contribution is 2.19. The number of aryl methyl sites for hydroxylation is 1. The van der Waals surface area contributed by atoms with E-state index >= 15 is 0 Å². The molecule has 1 N–H and O–H groups in total. The largest absolute Gasteiger partial charge is 0.381 e. The SMILES string of the molecule is CCNC(=NCc1ccc(N(C)C)cc1C)N(C)CCC1CCOCC1. The summed E-state index contributed by atoms with van der Waals surface area (Å²) in [7, 11) is 6.29. The second-order valence-electron chi connectivity index (χ2n) is 7.44. The van der Waals surface area contributed by atoms with Crippen molar-refractivity contribution < 1.29 is 4.74 Å². The zero-order chi connectivity index (χ0) is 18.9. The van der Waals surface area contributed by atoms with Crippen molar-refractivity contribution in [3.8, 4) is 0 Å². The first-order chi connectivity index (χ1) is 12.5. The lowest BCUT2D eigenvalue weighted by molar-refractivity contribution is 0.0625. The van der Waals surface area contributed by atoms with E-state index in [4.69, 9.17) is 9.73 Å². The molecule has 0 amide bonds. The molecule has 1 aromatic rings. The summed E-state index contributed by atoms with van der Waals surface area (Å²) in [6.45, 7) is 8.77. The lowest BCUT2D eigenvalue weighted by Gasteiger charge is -2.27. The average molecular weight is 361 g/mol. The molecule has 1 heterocycles. The second-order valence-corrected chi connectivity index (χ2v) is 7.44. The average Bonchev–Trinajstić information content (AvgIpc) is 2.64. The summed E-state index contributed by atoms with van der Waals surface area (Å²) in [6.07, 6.45) is 3.60. The van der Waals surface area contributed by atoms with Crippen molar-refractivity contribution in [1.82, 2.24) is 10.2 Å². The number of benzene rings is 1. The predicted octanol–water partition coefficient (Wildman–Crippen LogP) is 3.28. The summed E-state index contributed by atoms with van der Waals surface area (Å²) in [4.78, 5) is 9.28. The summed E-state index contributed by atoms with van der Waals surface area (Å²) in [5, 5.41) is 3.43. The summed E-state index contributed by atoms with van der Waals surface area (Å²) in [5.74, 6) is 1.78. The van der Waals surface area contributed by atoms with Crippen LogP contribution in [0.15, 0.2) is 23.2 Å². The Morgan fingerprint density at radius 1 is 1.23 bits per heavy atom. The first kappa shape index (κ1) is 20.6. The Morgan fingerprint density at radius 2 is 1.96 bits per heavy atom. The van der Waals surface area contributed by atoms with Crippen LogP contribution in [0.25, 0.3) is 0 Å². The van der Waals surface area contributed by atoms with Crippen LogP contribution in [-0.4, -0.2) is 58.3 Å². The van der Waals surface area contributed by atoms with E-state index in [1.165, 1.54) is 36.1 Å². The van der Waals surface area contributed by atoms with Crippen LogP contribution in [0.2, 0.25) is 0 Å². The number of anilines is 1. The highest BCUT2D eigenvalue weighted by atomic mass is 16.5. The van der Waals surface area contributed by atoms with Gasteiger partial charge in [-0.1, -0.05) is 6.07 Å². The molecule has 1 fully saturated rings. The van der Waals surface area contributed by atoms with E-state index in [1.807, 2.05) is 0 Å². The fraction of sp³-hybridized carbons (Fsp3) is 0.667. The van der Waals surface area contributed by atoms with Gasteiger partial charge in [-0.2, -0.15) is 0 Å². The Labute approximate surface area is 159 Å². The Bertz CT molecular complexity index is 579. The van der Waals surface area contributed by atoms with E-state index in [0.717, 1.165) is 38.2 Å². The van der Waals surface area contributed by atoms with Gasteiger partial charge in [-0.25, -0.2) is 4.99 Å². The van der Waals surface area contributed by atoms with Crippen LogP contribution in [0, 0.1) is 12.8 Å². The number of hydrogen-bond acceptors (Lipinski definition) is 3. The van der Waals surface area contributed by atoms with Crippen LogP contribution in [-0.2, 0) is 11.3 Å². The molecular formula is C21H36N4O. The van der Waals surface area contributed by atoms with Gasteiger partial charge in [-0.3, -0.25) is 0 Å². The molecule has 1 aromatic carbocycles. The van der Waals surface area contributed by atoms with Gasteiger partial charge in [0.2, 0.25) is 0 Å². The van der Waals surface area contributed by atoms with Gasteiger partial charge in [-0.05, 0) is 62.3 Å². The minimum atomic E-state index is 0.712. The van der Waals surface area contributed by atoms with Gasteiger partial charge >= 0.3 is 0 Å². The lowest BCUT2D eigenvalue weighted by atomic mass is 9.96. The number of rotatable bonds is 7. The molecule has 5 nitrogen and oxygen atoms in total. The monoisotopic (exact) mass is 360 g/mol. The molecule has 0 spiro atoms. The van der Waals surface area contributed by atoms with Crippen molar-refractivity contribution >= 4 is 11.6 Å². The molecule has 1 aliphatic heterocycles. The molecular weight excluding hydrogens is 324 g/mol. The molecule has 0 saturated carbocycles. The van der Waals surface area contributed by atoms with E-state index in [2.05, 4.69) is 68.3 Å². The zero-order valence-electron chi connectivity index (χ0n) is 17.2. The Kier molecular flexibility index (Phi) is 8.23. The maximum absolute atomic E-state index is 5.46. The molecule has 0 unspecified atom stereocenters. The molecule has 0 aliphatic carbocycles. The standard InChI is InChI=1S/C21H36N4O/c1-6-22-21(25(5)12-9-18-10-13-26-14-11-18)23-16-19-7-8-20(24(3)4)15-17(19)2/h7-8,15,18H,6,9-14,16H2,1-5H3,(H,22,23). The topological polar surface area (TPSA) is 40.1 Å².